The third kappa shape index (κ3) is 1.96. The van der Waals surface area contributed by atoms with Crippen LogP contribution < -0.4 is 4.74 Å². The summed E-state index contributed by atoms with van der Waals surface area (Å²) < 4.78 is 8.03. The molecular formula is C7H11BrN2O. The van der Waals surface area contributed by atoms with Gasteiger partial charge in [-0.1, -0.05) is 6.92 Å². The summed E-state index contributed by atoms with van der Waals surface area (Å²) in [5, 5.41) is 4.01. The van der Waals surface area contributed by atoms with Crippen LogP contribution in [0.25, 0.3) is 0 Å². The summed E-state index contributed by atoms with van der Waals surface area (Å²) in [5.74, 6) is 0.798. The van der Waals surface area contributed by atoms with Gasteiger partial charge < -0.3 is 4.74 Å². The molecule has 0 saturated carbocycles. The van der Waals surface area contributed by atoms with Crippen molar-refractivity contribution in [2.24, 2.45) is 7.05 Å². The molecule has 0 aliphatic carbocycles. The van der Waals surface area contributed by atoms with Crippen LogP contribution in [0.15, 0.2) is 10.7 Å². The molecule has 0 saturated heterocycles. The lowest BCUT2D eigenvalue weighted by Crippen LogP contribution is -2.01. The van der Waals surface area contributed by atoms with E-state index in [1.165, 1.54) is 0 Å². The molecule has 1 aromatic heterocycles. The van der Waals surface area contributed by atoms with Crippen LogP contribution in [0.5, 0.6) is 5.88 Å². The first-order chi connectivity index (χ1) is 5.25. The minimum absolute atomic E-state index is 0.734. The van der Waals surface area contributed by atoms with Gasteiger partial charge in [-0.05, 0) is 22.4 Å². The number of ether oxygens (including phenoxy) is 1. The van der Waals surface area contributed by atoms with Crippen LogP contribution in [-0.4, -0.2) is 16.4 Å². The predicted molar refractivity (Wildman–Crippen MR) is 46.7 cm³/mol. The van der Waals surface area contributed by atoms with Crippen molar-refractivity contribution in [1.82, 2.24) is 9.78 Å². The largest absolute Gasteiger partial charge is 0.477 e. The van der Waals surface area contributed by atoms with Gasteiger partial charge >= 0.3 is 0 Å². The zero-order valence-electron chi connectivity index (χ0n) is 6.67. The Bertz CT molecular complexity index is 215. The Morgan fingerprint density at radius 1 is 1.73 bits per heavy atom. The number of nitrogens with zero attached hydrogens (tertiary/aromatic N) is 2. The Morgan fingerprint density at radius 2 is 2.45 bits per heavy atom. The smallest absolute Gasteiger partial charge is 0.226 e. The van der Waals surface area contributed by atoms with E-state index >= 15 is 0 Å². The first kappa shape index (κ1) is 8.59. The van der Waals surface area contributed by atoms with E-state index < -0.39 is 0 Å². The van der Waals surface area contributed by atoms with Gasteiger partial charge in [0.1, 0.15) is 0 Å². The van der Waals surface area contributed by atoms with Gasteiger partial charge in [0.05, 0.1) is 17.3 Å². The van der Waals surface area contributed by atoms with Crippen molar-refractivity contribution in [2.75, 3.05) is 6.61 Å². The van der Waals surface area contributed by atoms with Crippen molar-refractivity contribution in [2.45, 2.75) is 13.3 Å². The Hall–Kier alpha value is -0.510. The molecule has 0 atom stereocenters. The summed E-state index contributed by atoms with van der Waals surface area (Å²) >= 11 is 3.34. The number of hydrogen-bond donors (Lipinski definition) is 0. The number of rotatable bonds is 3. The molecular weight excluding hydrogens is 208 g/mol. The Morgan fingerprint density at radius 3 is 2.91 bits per heavy atom. The topological polar surface area (TPSA) is 27.1 Å². The van der Waals surface area contributed by atoms with E-state index in [1.807, 2.05) is 7.05 Å². The summed E-state index contributed by atoms with van der Waals surface area (Å²) in [6, 6.07) is 0. The Labute approximate surface area is 74.5 Å². The number of halogens is 1. The fourth-order valence-electron chi connectivity index (χ4n) is 0.761. The molecule has 3 nitrogen and oxygen atoms in total. The molecule has 4 heteroatoms. The highest BCUT2D eigenvalue weighted by Crippen LogP contribution is 2.22. The molecule has 0 aliphatic heterocycles. The molecule has 1 heterocycles. The second kappa shape index (κ2) is 3.76. The molecule has 62 valence electrons. The normalized spacial score (nSPS) is 10.1. The molecule has 0 N–H and O–H groups in total. The first-order valence-electron chi connectivity index (χ1n) is 3.56. The summed E-state index contributed by atoms with van der Waals surface area (Å²) in [6.07, 6.45) is 2.74. The van der Waals surface area contributed by atoms with Crippen molar-refractivity contribution in [3.63, 3.8) is 0 Å². The monoisotopic (exact) mass is 218 g/mol. The standard InChI is InChI=1S/C7H11BrN2O/c1-3-4-11-7-6(8)5-9-10(7)2/h5H,3-4H2,1-2H3. The van der Waals surface area contributed by atoms with E-state index in [0.29, 0.717) is 0 Å². The minimum atomic E-state index is 0.734. The Balaban J connectivity index is 2.67. The van der Waals surface area contributed by atoms with E-state index in [-0.39, 0.29) is 0 Å². The third-order valence-electron chi connectivity index (χ3n) is 1.29. The molecule has 0 aromatic carbocycles. The van der Waals surface area contributed by atoms with Crippen LogP contribution in [0.1, 0.15) is 13.3 Å². The molecule has 1 rings (SSSR count). The molecule has 1 aromatic rings. The highest BCUT2D eigenvalue weighted by molar-refractivity contribution is 9.10. The lowest BCUT2D eigenvalue weighted by Gasteiger charge is -2.03. The first-order valence-corrected chi connectivity index (χ1v) is 4.35. The summed E-state index contributed by atoms with van der Waals surface area (Å²) in [6.45, 7) is 2.81. The van der Waals surface area contributed by atoms with Gasteiger partial charge in [-0.2, -0.15) is 5.10 Å². The lowest BCUT2D eigenvalue weighted by atomic mass is 10.5. The van der Waals surface area contributed by atoms with Crippen molar-refractivity contribution < 1.29 is 4.74 Å². The maximum Gasteiger partial charge on any atom is 0.226 e. The van der Waals surface area contributed by atoms with Crippen LogP contribution in [0.2, 0.25) is 0 Å². The molecule has 0 spiro atoms. The van der Waals surface area contributed by atoms with Crippen molar-refractivity contribution in [3.05, 3.63) is 10.7 Å². The summed E-state index contributed by atoms with van der Waals surface area (Å²) in [5.41, 5.74) is 0. The summed E-state index contributed by atoms with van der Waals surface area (Å²) in [4.78, 5) is 0. The van der Waals surface area contributed by atoms with Gasteiger partial charge in [-0.25, -0.2) is 4.68 Å². The fraction of sp³-hybridized carbons (Fsp3) is 0.571. The van der Waals surface area contributed by atoms with Gasteiger partial charge in [-0.3, -0.25) is 0 Å². The van der Waals surface area contributed by atoms with Crippen LogP contribution in [0.4, 0.5) is 0 Å². The maximum absolute atomic E-state index is 5.41. The SMILES string of the molecule is CCCOc1c(Br)cnn1C. The van der Waals surface area contributed by atoms with Crippen molar-refractivity contribution in [1.29, 1.82) is 0 Å². The summed E-state index contributed by atoms with van der Waals surface area (Å²) in [7, 11) is 1.86. The third-order valence-corrected chi connectivity index (χ3v) is 1.83. The predicted octanol–water partition coefficient (Wildman–Crippen LogP) is 1.97. The van der Waals surface area contributed by atoms with Crippen LogP contribution in [0.3, 0.4) is 0 Å². The van der Waals surface area contributed by atoms with Crippen LogP contribution >= 0.6 is 15.9 Å². The average Bonchev–Trinajstić information content (AvgIpc) is 2.29. The highest BCUT2D eigenvalue weighted by atomic mass is 79.9. The highest BCUT2D eigenvalue weighted by Gasteiger charge is 2.05. The molecule has 0 fully saturated rings. The van der Waals surface area contributed by atoms with Crippen LogP contribution in [0, 0.1) is 0 Å². The van der Waals surface area contributed by atoms with E-state index in [4.69, 9.17) is 4.74 Å². The maximum atomic E-state index is 5.41. The Kier molecular flexibility index (Phi) is 2.93. The van der Waals surface area contributed by atoms with Gasteiger partial charge in [0.15, 0.2) is 0 Å². The van der Waals surface area contributed by atoms with E-state index in [2.05, 4.69) is 28.0 Å². The van der Waals surface area contributed by atoms with Gasteiger partial charge in [0.2, 0.25) is 5.88 Å². The zero-order valence-corrected chi connectivity index (χ0v) is 8.26. The average molecular weight is 219 g/mol. The fourth-order valence-corrected chi connectivity index (χ4v) is 1.22. The lowest BCUT2D eigenvalue weighted by molar-refractivity contribution is 0.288. The minimum Gasteiger partial charge on any atom is -0.477 e. The van der Waals surface area contributed by atoms with Gasteiger partial charge in [0, 0.05) is 7.05 Å². The molecule has 0 radical (unpaired) electrons. The van der Waals surface area contributed by atoms with E-state index in [1.54, 1.807) is 10.9 Å². The van der Waals surface area contributed by atoms with Crippen molar-refractivity contribution in [3.8, 4) is 5.88 Å². The second-order valence-electron chi connectivity index (χ2n) is 2.27. The molecule has 11 heavy (non-hydrogen) atoms. The molecule has 0 amide bonds. The van der Waals surface area contributed by atoms with Crippen molar-refractivity contribution >= 4 is 15.9 Å². The number of hydrogen-bond acceptors (Lipinski definition) is 2. The van der Waals surface area contributed by atoms with Gasteiger partial charge in [0.25, 0.3) is 0 Å². The second-order valence-corrected chi connectivity index (χ2v) is 3.12. The molecule has 0 bridgehead atoms. The quantitative estimate of drug-likeness (QED) is 0.777. The number of aryl methyl sites for hydroxylation is 1. The molecule has 0 aliphatic rings. The van der Waals surface area contributed by atoms with Crippen LogP contribution in [-0.2, 0) is 7.05 Å². The van der Waals surface area contributed by atoms with E-state index in [0.717, 1.165) is 23.4 Å². The van der Waals surface area contributed by atoms with E-state index in [9.17, 15) is 0 Å². The molecule has 0 unspecified atom stereocenters. The van der Waals surface area contributed by atoms with Gasteiger partial charge in [-0.15, -0.1) is 0 Å². The number of aromatic nitrogens is 2. The zero-order chi connectivity index (χ0) is 8.27.